The topological polar surface area (TPSA) is 52.7 Å². The van der Waals surface area contributed by atoms with E-state index in [4.69, 9.17) is 0 Å². The van der Waals surface area contributed by atoms with E-state index >= 15 is 0 Å². The van der Waals surface area contributed by atoms with Crippen LogP contribution in [0.2, 0.25) is 0 Å². The average Bonchev–Trinajstić information content (AvgIpc) is 3.09. The maximum absolute atomic E-state index is 12.8. The molecule has 2 aromatic rings. The van der Waals surface area contributed by atoms with E-state index in [0.29, 0.717) is 13.1 Å². The molecule has 0 aromatic heterocycles. The first-order valence-corrected chi connectivity index (χ1v) is 11.7. The Morgan fingerprint density at radius 3 is 1.77 bits per heavy atom. The summed E-state index contributed by atoms with van der Waals surface area (Å²) in [7, 11) is 0. The van der Waals surface area contributed by atoms with Crippen molar-refractivity contribution in [3.05, 3.63) is 71.8 Å². The Balaban J connectivity index is 1.38. The summed E-state index contributed by atoms with van der Waals surface area (Å²) in [6, 6.07) is 21.3. The number of amides is 2. The molecule has 2 amide bonds. The molecule has 164 valence electrons. The number of benzene rings is 2. The van der Waals surface area contributed by atoms with Gasteiger partial charge in [-0.2, -0.15) is 0 Å². The van der Waals surface area contributed by atoms with Crippen molar-refractivity contribution in [1.82, 2.24) is 15.1 Å². The molecular weight excluding hydrogens is 386 g/mol. The zero-order valence-electron chi connectivity index (χ0n) is 18.2. The lowest BCUT2D eigenvalue weighted by atomic mass is 9.96. The highest BCUT2D eigenvalue weighted by atomic mass is 16.2. The van der Waals surface area contributed by atoms with Crippen molar-refractivity contribution in [2.45, 2.75) is 50.6 Å². The predicted octanol–water partition coefficient (Wildman–Crippen LogP) is 3.76. The van der Waals surface area contributed by atoms with Gasteiger partial charge < -0.3 is 10.2 Å². The highest BCUT2D eigenvalue weighted by Gasteiger charge is 2.31. The third-order valence-corrected chi connectivity index (χ3v) is 6.58. The summed E-state index contributed by atoms with van der Waals surface area (Å²) in [4.78, 5) is 29.5. The van der Waals surface area contributed by atoms with Crippen LogP contribution in [0.4, 0.5) is 0 Å². The van der Waals surface area contributed by atoms with E-state index < -0.39 is 5.91 Å². The Labute approximate surface area is 185 Å². The Bertz CT molecular complexity index is 800. The number of hydrogen-bond donors (Lipinski definition) is 1. The second-order valence-electron chi connectivity index (χ2n) is 8.71. The van der Waals surface area contributed by atoms with Crippen LogP contribution in [0, 0.1) is 0 Å². The molecule has 31 heavy (non-hydrogen) atoms. The first-order valence-electron chi connectivity index (χ1n) is 11.7. The summed E-state index contributed by atoms with van der Waals surface area (Å²) in [5.41, 5.74) is 2.50. The fourth-order valence-electron chi connectivity index (χ4n) is 4.88. The number of carbonyl (C=O) groups is 2. The van der Waals surface area contributed by atoms with Crippen molar-refractivity contribution in [3.63, 3.8) is 0 Å². The molecule has 4 rings (SSSR count). The van der Waals surface area contributed by atoms with Crippen LogP contribution in [0.1, 0.15) is 55.7 Å². The van der Waals surface area contributed by atoms with Gasteiger partial charge in [-0.15, -0.1) is 0 Å². The number of rotatable bonds is 4. The predicted molar refractivity (Wildman–Crippen MR) is 123 cm³/mol. The van der Waals surface area contributed by atoms with E-state index in [-0.39, 0.29) is 18.0 Å². The van der Waals surface area contributed by atoms with Gasteiger partial charge >= 0.3 is 11.8 Å². The second kappa shape index (κ2) is 10.6. The van der Waals surface area contributed by atoms with Gasteiger partial charge in [0.05, 0.1) is 6.04 Å². The van der Waals surface area contributed by atoms with Gasteiger partial charge in [0.25, 0.3) is 0 Å². The smallest absolute Gasteiger partial charge is 0.311 e. The fourth-order valence-corrected chi connectivity index (χ4v) is 4.88. The molecule has 2 fully saturated rings. The van der Waals surface area contributed by atoms with E-state index in [9.17, 15) is 9.59 Å². The van der Waals surface area contributed by atoms with Gasteiger partial charge in [0, 0.05) is 32.2 Å². The van der Waals surface area contributed by atoms with Crippen molar-refractivity contribution in [2.24, 2.45) is 0 Å². The molecule has 0 atom stereocenters. The molecule has 5 heteroatoms. The summed E-state index contributed by atoms with van der Waals surface area (Å²) < 4.78 is 0. The van der Waals surface area contributed by atoms with Gasteiger partial charge in [-0.1, -0.05) is 86.3 Å². The van der Waals surface area contributed by atoms with Gasteiger partial charge in [-0.05, 0) is 24.0 Å². The molecule has 1 N–H and O–H groups in total. The van der Waals surface area contributed by atoms with Gasteiger partial charge in [0.1, 0.15) is 0 Å². The minimum absolute atomic E-state index is 0.152. The number of carbonyl (C=O) groups excluding carboxylic acids is 2. The van der Waals surface area contributed by atoms with Crippen LogP contribution in [-0.2, 0) is 9.59 Å². The van der Waals surface area contributed by atoms with Crippen LogP contribution in [0.3, 0.4) is 0 Å². The quantitative estimate of drug-likeness (QED) is 0.606. The number of hydrogen-bond acceptors (Lipinski definition) is 3. The Morgan fingerprint density at radius 2 is 1.26 bits per heavy atom. The minimum Gasteiger partial charge on any atom is -0.345 e. The monoisotopic (exact) mass is 419 g/mol. The van der Waals surface area contributed by atoms with E-state index in [1.807, 2.05) is 12.1 Å². The summed E-state index contributed by atoms with van der Waals surface area (Å²) in [5, 5.41) is 3.00. The summed E-state index contributed by atoms with van der Waals surface area (Å²) in [6.45, 7) is 2.65. The van der Waals surface area contributed by atoms with Crippen LogP contribution in [0.5, 0.6) is 0 Å². The molecule has 2 aliphatic rings. The molecule has 1 saturated heterocycles. The van der Waals surface area contributed by atoms with Crippen molar-refractivity contribution in [3.8, 4) is 0 Å². The van der Waals surface area contributed by atoms with Crippen LogP contribution in [0.15, 0.2) is 60.7 Å². The van der Waals surface area contributed by atoms with Crippen LogP contribution in [0.25, 0.3) is 0 Å². The van der Waals surface area contributed by atoms with Crippen molar-refractivity contribution in [2.75, 3.05) is 26.2 Å². The summed E-state index contributed by atoms with van der Waals surface area (Å²) >= 11 is 0. The SMILES string of the molecule is O=C(NC1CCCCCC1)C(=O)N1CCN(C(c2ccccc2)c2ccccc2)CC1. The Kier molecular flexibility index (Phi) is 7.36. The van der Waals surface area contributed by atoms with Gasteiger partial charge in [-0.3, -0.25) is 14.5 Å². The summed E-state index contributed by atoms with van der Waals surface area (Å²) in [6.07, 6.45) is 6.71. The summed E-state index contributed by atoms with van der Waals surface area (Å²) in [5.74, 6) is -0.803. The van der Waals surface area contributed by atoms with Gasteiger partial charge in [-0.25, -0.2) is 0 Å². The molecule has 5 nitrogen and oxygen atoms in total. The van der Waals surface area contributed by atoms with E-state index in [1.54, 1.807) is 4.90 Å². The highest BCUT2D eigenvalue weighted by Crippen LogP contribution is 2.29. The molecule has 2 aromatic carbocycles. The minimum atomic E-state index is -0.428. The Hall–Kier alpha value is -2.66. The van der Waals surface area contributed by atoms with E-state index in [2.05, 4.69) is 58.7 Å². The van der Waals surface area contributed by atoms with Crippen LogP contribution >= 0.6 is 0 Å². The molecule has 0 spiro atoms. The third-order valence-electron chi connectivity index (χ3n) is 6.58. The maximum Gasteiger partial charge on any atom is 0.311 e. The number of nitrogens with zero attached hydrogens (tertiary/aromatic N) is 2. The first kappa shape index (κ1) is 21.6. The number of piperazine rings is 1. The second-order valence-corrected chi connectivity index (χ2v) is 8.71. The largest absolute Gasteiger partial charge is 0.345 e. The molecule has 0 radical (unpaired) electrons. The molecule has 0 bridgehead atoms. The van der Waals surface area contributed by atoms with E-state index in [0.717, 1.165) is 38.8 Å². The molecule has 1 aliphatic carbocycles. The molecular formula is C26H33N3O2. The molecule has 1 aliphatic heterocycles. The normalized spacial score (nSPS) is 18.5. The maximum atomic E-state index is 12.8. The van der Waals surface area contributed by atoms with E-state index in [1.165, 1.54) is 24.0 Å². The lowest BCUT2D eigenvalue weighted by molar-refractivity contribution is -0.147. The van der Waals surface area contributed by atoms with Crippen molar-refractivity contribution < 1.29 is 9.59 Å². The molecule has 1 heterocycles. The van der Waals surface area contributed by atoms with Crippen molar-refractivity contribution in [1.29, 1.82) is 0 Å². The van der Waals surface area contributed by atoms with Gasteiger partial charge in [0.2, 0.25) is 0 Å². The molecule has 0 unspecified atom stereocenters. The van der Waals surface area contributed by atoms with Crippen molar-refractivity contribution >= 4 is 11.8 Å². The lowest BCUT2D eigenvalue weighted by Gasteiger charge is -2.39. The van der Waals surface area contributed by atoms with Gasteiger partial charge in [0.15, 0.2) is 0 Å². The zero-order valence-corrected chi connectivity index (χ0v) is 18.2. The zero-order chi connectivity index (χ0) is 21.5. The fraction of sp³-hybridized carbons (Fsp3) is 0.462. The Morgan fingerprint density at radius 1 is 0.742 bits per heavy atom. The number of nitrogens with one attached hydrogen (secondary N) is 1. The average molecular weight is 420 g/mol. The third kappa shape index (κ3) is 5.53. The van der Waals surface area contributed by atoms with Crippen LogP contribution < -0.4 is 5.32 Å². The standard InChI is InChI=1S/C26H33N3O2/c30-25(27-23-15-9-1-2-10-16-23)26(31)29-19-17-28(18-20-29)24(21-11-5-3-6-12-21)22-13-7-4-8-14-22/h3-8,11-14,23-24H,1-2,9-10,15-20H2,(H,27,30). The molecule has 1 saturated carbocycles. The van der Waals surface area contributed by atoms with Crippen LogP contribution in [-0.4, -0.2) is 53.8 Å². The highest BCUT2D eigenvalue weighted by molar-refractivity contribution is 6.35. The lowest BCUT2D eigenvalue weighted by Crippen LogP contribution is -2.54. The first-order chi connectivity index (χ1) is 15.2.